The average molecular weight is 530 g/mol. The Labute approximate surface area is 131 Å². The van der Waals surface area contributed by atoms with Crippen LogP contribution >= 0.6 is 0 Å². The number of hydrogen-bond acceptors (Lipinski definition) is 12. The van der Waals surface area contributed by atoms with E-state index in [1.54, 1.807) is 0 Å². The summed E-state index contributed by atoms with van der Waals surface area (Å²) >= 11 is 0. The Morgan fingerprint density at radius 3 is 0.471 bits per heavy atom. The zero-order valence-corrected chi connectivity index (χ0v) is 13.4. The van der Waals surface area contributed by atoms with Gasteiger partial charge in [0.25, 0.3) is 0 Å². The van der Waals surface area contributed by atoms with Crippen molar-refractivity contribution in [2.45, 2.75) is 0 Å². The Morgan fingerprint density at radius 1 is 0.471 bits per heavy atom. The van der Waals surface area contributed by atoms with Crippen LogP contribution in [0.5, 0.6) is 0 Å². The fraction of sp³-hybridized carbons (Fsp3) is 0. The standard InChI is InChI=1S/Au.3H2O4S.Sc/c;3*1-5(2,3)4;/h;3*(H2,1,2,3,4);/q+3;;;;+3/p-6. The van der Waals surface area contributed by atoms with E-state index < -0.39 is 31.2 Å². The third-order valence-corrected chi connectivity index (χ3v) is 0. The molecule has 0 unspecified atom stereocenters. The minimum absolute atomic E-state index is 0. The predicted octanol–water partition coefficient (Wildman–Crippen LogP) is -4.02. The van der Waals surface area contributed by atoms with Crippen molar-refractivity contribution in [3.05, 3.63) is 0 Å². The second kappa shape index (κ2) is 12.3. The summed E-state index contributed by atoms with van der Waals surface area (Å²) in [5.74, 6) is 0. The van der Waals surface area contributed by atoms with Gasteiger partial charge in [0.2, 0.25) is 0 Å². The molecule has 0 rings (SSSR count). The summed E-state index contributed by atoms with van der Waals surface area (Å²) in [6.45, 7) is 0. The Hall–Kier alpha value is 1.22. The maximum absolute atomic E-state index is 8.52. The molecule has 0 spiro atoms. The summed E-state index contributed by atoms with van der Waals surface area (Å²) in [5.41, 5.74) is 0. The van der Waals surface area contributed by atoms with Gasteiger partial charge < -0.3 is 27.3 Å². The van der Waals surface area contributed by atoms with Gasteiger partial charge in [0, 0.05) is 31.2 Å². The molecule has 104 valence electrons. The van der Waals surface area contributed by atoms with Crippen molar-refractivity contribution in [1.82, 2.24) is 0 Å². The van der Waals surface area contributed by atoms with Gasteiger partial charge in [-0.1, -0.05) is 0 Å². The largest absolute Gasteiger partial charge is 3.00 e. The van der Waals surface area contributed by atoms with Crippen LogP contribution in [-0.4, -0.2) is 52.6 Å². The molecule has 12 nitrogen and oxygen atoms in total. The van der Waals surface area contributed by atoms with Crippen molar-refractivity contribution in [1.29, 1.82) is 0 Å². The third kappa shape index (κ3) is 2680. The van der Waals surface area contributed by atoms with E-state index in [9.17, 15) is 0 Å². The summed E-state index contributed by atoms with van der Waals surface area (Å²) in [6, 6.07) is 0. The van der Waals surface area contributed by atoms with Crippen LogP contribution in [0.25, 0.3) is 0 Å². The Balaban J connectivity index is -0.0000000400. The predicted molar refractivity (Wildman–Crippen MR) is 31.4 cm³/mol. The van der Waals surface area contributed by atoms with Gasteiger partial charge in [0.05, 0.1) is 0 Å². The summed E-state index contributed by atoms with van der Waals surface area (Å²) in [6.07, 6.45) is 0. The van der Waals surface area contributed by atoms with E-state index in [0.29, 0.717) is 0 Å². The maximum Gasteiger partial charge on any atom is 3.00 e. The van der Waals surface area contributed by atoms with Crippen LogP contribution in [-0.2, 0) is 79.4 Å². The SMILES string of the molecule is O=S(=O)([O-])[O-].O=S(=O)([O-])[O-].O=S(=O)([O-])[O-].[Au+3].[Sc+3]. The molecule has 0 aliphatic rings. The fourth-order valence-corrected chi connectivity index (χ4v) is 0. The molecular formula is AuO12S3Sc. The van der Waals surface area contributed by atoms with Crippen LogP contribution in [0, 0.1) is 0 Å². The molecule has 0 aromatic rings. The molecule has 0 amide bonds. The third-order valence-electron chi connectivity index (χ3n) is 0. The van der Waals surface area contributed by atoms with Gasteiger partial charge in [0.1, 0.15) is 0 Å². The smallest absolute Gasteiger partial charge is 0.759 e. The first kappa shape index (κ1) is 30.9. The normalized spacial score (nSPS) is 10.2. The zero-order chi connectivity index (χ0) is 13.5. The van der Waals surface area contributed by atoms with E-state index in [2.05, 4.69) is 0 Å². The van der Waals surface area contributed by atoms with E-state index in [4.69, 9.17) is 52.6 Å². The van der Waals surface area contributed by atoms with Gasteiger partial charge in [-0.15, -0.1) is 0 Å². The van der Waals surface area contributed by atoms with Crippen LogP contribution in [0.2, 0.25) is 0 Å². The van der Waals surface area contributed by atoms with E-state index in [0.717, 1.165) is 0 Å². The molecule has 0 aliphatic carbocycles. The summed E-state index contributed by atoms with van der Waals surface area (Å²) < 4.78 is 102. The van der Waals surface area contributed by atoms with E-state index in [1.165, 1.54) is 0 Å². The number of hydrogen-bond donors (Lipinski definition) is 0. The quantitative estimate of drug-likeness (QED) is 0.165. The van der Waals surface area contributed by atoms with Gasteiger partial charge in [-0.2, -0.15) is 0 Å². The first-order valence-electron chi connectivity index (χ1n) is 2.00. The molecule has 0 aromatic heterocycles. The van der Waals surface area contributed by atoms with Crippen LogP contribution in [0.15, 0.2) is 0 Å². The van der Waals surface area contributed by atoms with E-state index in [1.807, 2.05) is 0 Å². The molecule has 0 aromatic carbocycles. The van der Waals surface area contributed by atoms with Crippen molar-refractivity contribution >= 4 is 31.2 Å². The maximum atomic E-state index is 8.52. The summed E-state index contributed by atoms with van der Waals surface area (Å²) in [4.78, 5) is 0. The monoisotopic (exact) mass is 530 g/mol. The van der Waals surface area contributed by atoms with Crippen molar-refractivity contribution in [3.63, 3.8) is 0 Å². The van der Waals surface area contributed by atoms with Gasteiger partial charge in [-0.3, -0.25) is 25.3 Å². The molecular weight excluding hydrogens is 530 g/mol. The first-order valence-corrected chi connectivity index (χ1v) is 6.00. The van der Waals surface area contributed by atoms with E-state index >= 15 is 0 Å². The Bertz CT molecular complexity index is 343. The summed E-state index contributed by atoms with van der Waals surface area (Å²) in [5, 5.41) is 0. The molecule has 17 heteroatoms. The second-order valence-corrected chi connectivity index (χ2v) is 3.67. The average Bonchev–Trinajstić information content (AvgIpc) is 1.41. The zero-order valence-electron chi connectivity index (χ0n) is 7.00. The minimum atomic E-state index is -5.17. The van der Waals surface area contributed by atoms with Gasteiger partial charge in [0.15, 0.2) is 0 Å². The molecule has 0 aliphatic heterocycles. The van der Waals surface area contributed by atoms with Crippen LogP contribution in [0.1, 0.15) is 0 Å². The van der Waals surface area contributed by atoms with Crippen molar-refractivity contribution < 1.29 is 101 Å². The molecule has 0 N–H and O–H groups in total. The fourth-order valence-electron chi connectivity index (χ4n) is 0. The molecule has 0 heterocycles. The molecule has 0 saturated carbocycles. The molecule has 0 radical (unpaired) electrons. The van der Waals surface area contributed by atoms with Crippen LogP contribution in [0.3, 0.4) is 0 Å². The van der Waals surface area contributed by atoms with Crippen molar-refractivity contribution in [3.8, 4) is 0 Å². The summed E-state index contributed by atoms with van der Waals surface area (Å²) in [7, 11) is -15.5. The minimum Gasteiger partial charge on any atom is -0.759 e. The molecule has 0 bridgehead atoms. The first-order chi connectivity index (χ1) is 6.00. The molecule has 0 fully saturated rings. The van der Waals surface area contributed by atoms with Gasteiger partial charge in [-0.25, -0.2) is 0 Å². The van der Waals surface area contributed by atoms with Crippen LogP contribution in [0.4, 0.5) is 0 Å². The van der Waals surface area contributed by atoms with Crippen LogP contribution < -0.4 is 0 Å². The Kier molecular flexibility index (Phi) is 22.3. The molecule has 17 heavy (non-hydrogen) atoms. The molecule has 0 atom stereocenters. The van der Waals surface area contributed by atoms with Crippen molar-refractivity contribution in [2.24, 2.45) is 0 Å². The molecule has 0 saturated heterocycles. The van der Waals surface area contributed by atoms with Crippen molar-refractivity contribution in [2.75, 3.05) is 0 Å². The second-order valence-electron chi connectivity index (χ2n) is 1.22. The van der Waals surface area contributed by atoms with E-state index in [-0.39, 0.29) is 48.2 Å². The Morgan fingerprint density at radius 2 is 0.471 bits per heavy atom. The topological polar surface area (TPSA) is 241 Å². The number of rotatable bonds is 0. The van der Waals surface area contributed by atoms with Gasteiger partial charge >= 0.3 is 48.2 Å². The van der Waals surface area contributed by atoms with Gasteiger partial charge in [-0.05, 0) is 0 Å².